The number of rotatable bonds is 5. The van der Waals surface area contributed by atoms with Crippen LogP contribution in [0.3, 0.4) is 0 Å². The Bertz CT molecular complexity index is 1050. The Morgan fingerprint density at radius 1 is 0.821 bits per heavy atom. The van der Waals surface area contributed by atoms with Gasteiger partial charge in [0.25, 0.3) is 0 Å². The van der Waals surface area contributed by atoms with Gasteiger partial charge in [-0.2, -0.15) is 0 Å². The quantitative estimate of drug-likeness (QED) is 0.336. The van der Waals surface area contributed by atoms with Crippen molar-refractivity contribution in [2.24, 2.45) is 0 Å². The maximum Gasteiger partial charge on any atom is 0.170 e. The number of fused-ring (bicyclic) bond motifs is 1. The summed E-state index contributed by atoms with van der Waals surface area (Å²) in [5.41, 5.74) is -0.858. The SMILES string of the molecule is CCOc1ccc(C(F)=C(F)c2cc3ccc(CC)c(F)c3c(F)c2F)cc1. The highest BCUT2D eigenvalue weighted by Gasteiger charge is 2.23. The molecule has 0 radical (unpaired) electrons. The van der Waals surface area contributed by atoms with E-state index in [9.17, 15) is 22.0 Å². The molecule has 0 amide bonds. The lowest BCUT2D eigenvalue weighted by Gasteiger charge is -2.10. The van der Waals surface area contributed by atoms with E-state index in [0.717, 1.165) is 6.07 Å². The van der Waals surface area contributed by atoms with Gasteiger partial charge >= 0.3 is 0 Å². The summed E-state index contributed by atoms with van der Waals surface area (Å²) >= 11 is 0. The maximum atomic E-state index is 14.7. The molecule has 0 aliphatic heterocycles. The molecule has 6 heteroatoms. The minimum absolute atomic E-state index is 0.0572. The predicted molar refractivity (Wildman–Crippen MR) is 99.8 cm³/mol. The summed E-state index contributed by atoms with van der Waals surface area (Å²) < 4.78 is 77.7. The average molecular weight is 392 g/mol. The highest BCUT2D eigenvalue weighted by molar-refractivity contribution is 5.91. The molecule has 0 bridgehead atoms. The molecule has 0 saturated carbocycles. The van der Waals surface area contributed by atoms with Crippen molar-refractivity contribution in [2.45, 2.75) is 20.3 Å². The molecule has 3 rings (SSSR count). The van der Waals surface area contributed by atoms with Crippen LogP contribution in [0.4, 0.5) is 22.0 Å². The van der Waals surface area contributed by atoms with Crippen molar-refractivity contribution >= 4 is 22.4 Å². The van der Waals surface area contributed by atoms with Gasteiger partial charge in [0.05, 0.1) is 17.6 Å². The van der Waals surface area contributed by atoms with Crippen molar-refractivity contribution < 1.29 is 26.7 Å². The number of hydrogen-bond acceptors (Lipinski definition) is 1. The van der Waals surface area contributed by atoms with Gasteiger partial charge in [0.2, 0.25) is 0 Å². The molecule has 0 N–H and O–H groups in total. The van der Waals surface area contributed by atoms with Crippen molar-refractivity contribution in [1.82, 2.24) is 0 Å². The van der Waals surface area contributed by atoms with Gasteiger partial charge in [0, 0.05) is 5.56 Å². The van der Waals surface area contributed by atoms with Crippen LogP contribution in [0, 0.1) is 17.5 Å². The molecule has 28 heavy (non-hydrogen) atoms. The topological polar surface area (TPSA) is 9.23 Å². The first-order chi connectivity index (χ1) is 13.4. The molecule has 0 fully saturated rings. The molecule has 0 aliphatic carbocycles. The second-order valence-corrected chi connectivity index (χ2v) is 6.13. The first-order valence-electron chi connectivity index (χ1n) is 8.76. The van der Waals surface area contributed by atoms with Gasteiger partial charge in [-0.25, -0.2) is 22.0 Å². The molecule has 1 nitrogen and oxygen atoms in total. The van der Waals surface area contributed by atoms with Crippen molar-refractivity contribution in [2.75, 3.05) is 6.61 Å². The number of benzene rings is 3. The van der Waals surface area contributed by atoms with Gasteiger partial charge in [-0.1, -0.05) is 19.1 Å². The van der Waals surface area contributed by atoms with E-state index < -0.39 is 40.1 Å². The number of ether oxygens (including phenoxy) is 1. The van der Waals surface area contributed by atoms with Crippen LogP contribution in [-0.2, 0) is 6.42 Å². The molecule has 3 aromatic rings. The minimum atomic E-state index is -1.64. The van der Waals surface area contributed by atoms with E-state index in [1.165, 1.54) is 36.4 Å². The predicted octanol–water partition coefficient (Wildman–Crippen LogP) is 6.98. The molecule has 0 heterocycles. The Labute approximate surface area is 159 Å². The average Bonchev–Trinajstić information content (AvgIpc) is 2.70. The first kappa shape index (κ1) is 19.9. The molecule has 0 spiro atoms. The fourth-order valence-corrected chi connectivity index (χ4v) is 2.97. The Morgan fingerprint density at radius 2 is 1.50 bits per heavy atom. The zero-order valence-electron chi connectivity index (χ0n) is 15.3. The largest absolute Gasteiger partial charge is 0.494 e. The molecule has 0 aromatic heterocycles. The van der Waals surface area contributed by atoms with Gasteiger partial charge in [-0.3, -0.25) is 0 Å². The van der Waals surface area contributed by atoms with E-state index in [4.69, 9.17) is 4.74 Å². The maximum absolute atomic E-state index is 14.7. The third-order valence-corrected chi connectivity index (χ3v) is 4.43. The second kappa shape index (κ2) is 8.00. The van der Waals surface area contributed by atoms with Crippen LogP contribution in [0.1, 0.15) is 30.5 Å². The lowest BCUT2D eigenvalue weighted by atomic mass is 9.99. The van der Waals surface area contributed by atoms with Crippen LogP contribution in [0.25, 0.3) is 22.4 Å². The molecular weight excluding hydrogens is 375 g/mol. The van der Waals surface area contributed by atoms with E-state index in [0.29, 0.717) is 12.4 Å². The number of hydrogen-bond donors (Lipinski definition) is 0. The molecule has 146 valence electrons. The second-order valence-electron chi connectivity index (χ2n) is 6.13. The van der Waals surface area contributed by atoms with E-state index in [-0.39, 0.29) is 22.9 Å². The van der Waals surface area contributed by atoms with Crippen LogP contribution >= 0.6 is 0 Å². The zero-order valence-corrected chi connectivity index (χ0v) is 15.3. The van der Waals surface area contributed by atoms with Crippen molar-refractivity contribution in [1.29, 1.82) is 0 Å². The van der Waals surface area contributed by atoms with E-state index in [1.807, 2.05) is 0 Å². The Hall–Kier alpha value is -2.89. The van der Waals surface area contributed by atoms with Gasteiger partial charge in [0.15, 0.2) is 23.3 Å². The molecule has 3 aromatic carbocycles. The third-order valence-electron chi connectivity index (χ3n) is 4.43. The van der Waals surface area contributed by atoms with Gasteiger partial charge in [0.1, 0.15) is 11.6 Å². The molecular formula is C22H17F5O. The highest BCUT2D eigenvalue weighted by atomic mass is 19.2. The minimum Gasteiger partial charge on any atom is -0.494 e. The summed E-state index contributed by atoms with van der Waals surface area (Å²) in [6.07, 6.45) is 0.283. The van der Waals surface area contributed by atoms with E-state index in [1.54, 1.807) is 13.8 Å². The Morgan fingerprint density at radius 3 is 2.11 bits per heavy atom. The summed E-state index contributed by atoms with van der Waals surface area (Å²) in [5.74, 6) is -6.55. The molecule has 0 saturated heterocycles. The van der Waals surface area contributed by atoms with Crippen molar-refractivity contribution in [3.63, 3.8) is 0 Å². The van der Waals surface area contributed by atoms with Crippen LogP contribution in [0.5, 0.6) is 5.75 Å². The first-order valence-corrected chi connectivity index (χ1v) is 8.76. The number of halogens is 5. The summed E-state index contributed by atoms with van der Waals surface area (Å²) in [6, 6.07) is 9.06. The Kier molecular flexibility index (Phi) is 5.68. The van der Waals surface area contributed by atoms with Crippen molar-refractivity contribution in [3.05, 3.63) is 76.6 Å². The Balaban J connectivity index is 2.14. The summed E-state index contributed by atoms with van der Waals surface area (Å²) in [6.45, 7) is 3.85. The van der Waals surface area contributed by atoms with Gasteiger partial charge in [-0.15, -0.1) is 0 Å². The van der Waals surface area contributed by atoms with Crippen LogP contribution in [0.2, 0.25) is 0 Å². The normalized spacial score (nSPS) is 12.2. The molecule has 0 unspecified atom stereocenters. The molecule has 0 atom stereocenters. The smallest absolute Gasteiger partial charge is 0.170 e. The lowest BCUT2D eigenvalue weighted by Crippen LogP contribution is -1.99. The van der Waals surface area contributed by atoms with Crippen LogP contribution in [0.15, 0.2) is 42.5 Å². The summed E-state index contributed by atoms with van der Waals surface area (Å²) in [7, 11) is 0. The zero-order chi connectivity index (χ0) is 20.4. The monoisotopic (exact) mass is 392 g/mol. The van der Waals surface area contributed by atoms with E-state index in [2.05, 4.69) is 0 Å². The van der Waals surface area contributed by atoms with Crippen LogP contribution < -0.4 is 4.74 Å². The fourth-order valence-electron chi connectivity index (χ4n) is 2.97. The van der Waals surface area contributed by atoms with Gasteiger partial charge < -0.3 is 4.74 Å². The van der Waals surface area contributed by atoms with E-state index >= 15 is 0 Å². The summed E-state index contributed by atoms with van der Waals surface area (Å²) in [4.78, 5) is 0. The van der Waals surface area contributed by atoms with Crippen molar-refractivity contribution in [3.8, 4) is 5.75 Å². The number of aryl methyl sites for hydroxylation is 1. The third kappa shape index (κ3) is 3.46. The summed E-state index contributed by atoms with van der Waals surface area (Å²) in [5, 5.41) is -0.631. The highest BCUT2D eigenvalue weighted by Crippen LogP contribution is 2.35. The van der Waals surface area contributed by atoms with Gasteiger partial charge in [-0.05, 0) is 54.6 Å². The molecule has 0 aliphatic rings. The fraction of sp³-hybridized carbons (Fsp3) is 0.182. The van der Waals surface area contributed by atoms with Crippen LogP contribution in [-0.4, -0.2) is 6.61 Å². The lowest BCUT2D eigenvalue weighted by molar-refractivity contribution is 0.340. The standard InChI is InChI=1S/C22H17F5O/c1-3-12-5-6-14-11-16(21(26)22(27)17(14)18(12)23)20(25)19(24)13-7-9-15(10-8-13)28-4-2/h5-11H,3-4H2,1-2H3.